The number of carbonyl (C=O) groups is 2. The topological polar surface area (TPSA) is 89.4 Å². The summed E-state index contributed by atoms with van der Waals surface area (Å²) in [7, 11) is 2.93. The summed E-state index contributed by atoms with van der Waals surface area (Å²) in [4.78, 5) is 29.9. The van der Waals surface area contributed by atoms with Gasteiger partial charge < -0.3 is 15.0 Å². The Hall–Kier alpha value is -2.90. The molecular weight excluding hydrogens is 322 g/mol. The molecule has 25 heavy (non-hydrogen) atoms. The van der Waals surface area contributed by atoms with Crippen molar-refractivity contribution in [1.82, 2.24) is 20.1 Å². The second kappa shape index (κ2) is 7.33. The number of carbonyl (C=O) groups excluding carboxylic acids is 2. The van der Waals surface area contributed by atoms with Gasteiger partial charge in [-0.25, -0.2) is 9.78 Å². The van der Waals surface area contributed by atoms with E-state index >= 15 is 0 Å². The lowest BCUT2D eigenvalue weighted by Gasteiger charge is -2.33. The van der Waals surface area contributed by atoms with Gasteiger partial charge in [-0.15, -0.1) is 0 Å². The van der Waals surface area contributed by atoms with Gasteiger partial charge in [0, 0.05) is 26.3 Å². The van der Waals surface area contributed by atoms with E-state index in [0.29, 0.717) is 17.9 Å². The van der Waals surface area contributed by atoms with E-state index in [1.54, 1.807) is 25.2 Å². The third-order valence-electron chi connectivity index (χ3n) is 4.29. The molecule has 0 radical (unpaired) electrons. The van der Waals surface area contributed by atoms with Crippen molar-refractivity contribution < 1.29 is 14.3 Å². The molecule has 0 spiro atoms. The lowest BCUT2D eigenvalue weighted by atomic mass is 10.1. The Labute approximate surface area is 145 Å². The number of hydrogen-bond donors (Lipinski definition) is 1. The highest BCUT2D eigenvalue weighted by Gasteiger charge is 2.24. The predicted molar refractivity (Wildman–Crippen MR) is 91.7 cm³/mol. The zero-order valence-corrected chi connectivity index (χ0v) is 14.3. The maximum absolute atomic E-state index is 11.7. The summed E-state index contributed by atoms with van der Waals surface area (Å²) in [5, 5.41) is 6.95. The number of hydrogen-bond acceptors (Lipinski definition) is 6. The first-order valence-electron chi connectivity index (χ1n) is 8.20. The fourth-order valence-corrected chi connectivity index (χ4v) is 2.99. The highest BCUT2D eigenvalue weighted by atomic mass is 16.5. The van der Waals surface area contributed by atoms with E-state index in [1.807, 2.05) is 16.9 Å². The molecule has 3 rings (SSSR count). The Morgan fingerprint density at radius 2 is 2.12 bits per heavy atom. The first-order chi connectivity index (χ1) is 12.1. The van der Waals surface area contributed by atoms with Crippen LogP contribution in [0, 0.1) is 0 Å². The van der Waals surface area contributed by atoms with Crippen molar-refractivity contribution in [2.24, 2.45) is 0 Å². The second-order valence-corrected chi connectivity index (χ2v) is 5.87. The number of nitrogens with zero attached hydrogens (tertiary/aromatic N) is 4. The molecule has 1 aliphatic rings. The van der Waals surface area contributed by atoms with Gasteiger partial charge in [0.2, 0.25) is 0 Å². The number of amides is 1. The molecule has 1 aliphatic heterocycles. The molecule has 0 bridgehead atoms. The first-order valence-corrected chi connectivity index (χ1v) is 8.20. The molecule has 1 N–H and O–H groups in total. The number of methoxy groups -OCH3 is 1. The molecule has 2 aromatic rings. The fraction of sp³-hybridized carbons (Fsp3) is 0.412. The molecule has 8 heteroatoms. The van der Waals surface area contributed by atoms with E-state index in [0.717, 1.165) is 25.2 Å². The number of rotatable bonds is 4. The van der Waals surface area contributed by atoms with E-state index in [2.05, 4.69) is 20.3 Å². The molecule has 132 valence electrons. The average molecular weight is 343 g/mol. The van der Waals surface area contributed by atoms with Gasteiger partial charge in [0.25, 0.3) is 5.91 Å². The molecule has 0 aliphatic carbocycles. The van der Waals surface area contributed by atoms with Crippen molar-refractivity contribution >= 4 is 17.7 Å². The van der Waals surface area contributed by atoms with Crippen molar-refractivity contribution in [3.05, 3.63) is 41.9 Å². The lowest BCUT2D eigenvalue weighted by Crippen LogP contribution is -2.37. The van der Waals surface area contributed by atoms with Crippen molar-refractivity contribution in [2.45, 2.75) is 18.9 Å². The first kappa shape index (κ1) is 16.9. The van der Waals surface area contributed by atoms with Crippen LogP contribution in [0.5, 0.6) is 0 Å². The van der Waals surface area contributed by atoms with E-state index in [-0.39, 0.29) is 11.9 Å². The van der Waals surface area contributed by atoms with Crippen molar-refractivity contribution in [3.8, 4) is 0 Å². The Kier molecular flexibility index (Phi) is 4.97. The van der Waals surface area contributed by atoms with Gasteiger partial charge in [0.1, 0.15) is 11.5 Å². The smallest absolute Gasteiger partial charge is 0.356 e. The number of piperidine rings is 1. The molecular formula is C17H21N5O3. The third-order valence-corrected chi connectivity index (χ3v) is 4.29. The molecule has 1 saturated heterocycles. The van der Waals surface area contributed by atoms with Crippen molar-refractivity contribution in [1.29, 1.82) is 0 Å². The van der Waals surface area contributed by atoms with E-state index in [4.69, 9.17) is 4.74 Å². The van der Waals surface area contributed by atoms with E-state index < -0.39 is 5.97 Å². The van der Waals surface area contributed by atoms with Gasteiger partial charge in [-0.3, -0.25) is 9.48 Å². The van der Waals surface area contributed by atoms with Crippen LogP contribution in [0.2, 0.25) is 0 Å². The highest BCUT2D eigenvalue weighted by Crippen LogP contribution is 2.25. The quantitative estimate of drug-likeness (QED) is 0.841. The largest absolute Gasteiger partial charge is 0.464 e. The zero-order chi connectivity index (χ0) is 17.8. The maximum Gasteiger partial charge on any atom is 0.356 e. The Morgan fingerprint density at radius 3 is 2.88 bits per heavy atom. The predicted octanol–water partition coefficient (Wildman–Crippen LogP) is 1.27. The monoisotopic (exact) mass is 343 g/mol. The van der Waals surface area contributed by atoms with Crippen molar-refractivity contribution in [2.75, 3.05) is 32.1 Å². The Morgan fingerprint density at radius 1 is 1.28 bits per heavy atom. The number of anilines is 1. The maximum atomic E-state index is 11.7. The average Bonchev–Trinajstić information content (AvgIpc) is 3.17. The molecule has 2 aromatic heterocycles. The van der Waals surface area contributed by atoms with Crippen LogP contribution in [0.3, 0.4) is 0 Å². The molecule has 0 saturated carbocycles. The number of esters is 1. The summed E-state index contributed by atoms with van der Waals surface area (Å²) in [6.07, 6.45) is 3.78. The highest BCUT2D eigenvalue weighted by molar-refractivity contribution is 5.91. The third kappa shape index (κ3) is 3.62. The summed E-state index contributed by atoms with van der Waals surface area (Å²) in [6, 6.07) is 7.19. The summed E-state index contributed by atoms with van der Waals surface area (Å²) in [5.41, 5.74) is 0.702. The number of pyridine rings is 1. The van der Waals surface area contributed by atoms with Crippen LogP contribution in [-0.4, -0.2) is 53.9 Å². The summed E-state index contributed by atoms with van der Waals surface area (Å²) in [6.45, 7) is 1.57. The summed E-state index contributed by atoms with van der Waals surface area (Å²) >= 11 is 0. The van der Waals surface area contributed by atoms with Gasteiger partial charge >= 0.3 is 5.97 Å². The zero-order valence-electron chi connectivity index (χ0n) is 14.3. The van der Waals surface area contributed by atoms with Gasteiger partial charge in [0.15, 0.2) is 5.69 Å². The molecule has 3 heterocycles. The van der Waals surface area contributed by atoms with E-state index in [1.165, 1.54) is 7.11 Å². The minimum atomic E-state index is -0.447. The van der Waals surface area contributed by atoms with Crippen LogP contribution in [0.25, 0.3) is 0 Å². The van der Waals surface area contributed by atoms with Crippen LogP contribution in [-0.2, 0) is 4.74 Å². The van der Waals surface area contributed by atoms with Gasteiger partial charge in [-0.1, -0.05) is 6.07 Å². The van der Waals surface area contributed by atoms with Gasteiger partial charge in [-0.2, -0.15) is 5.10 Å². The summed E-state index contributed by atoms with van der Waals surface area (Å²) in [5.74, 6) is 0.0999. The van der Waals surface area contributed by atoms with Crippen LogP contribution in [0.1, 0.15) is 39.9 Å². The number of aromatic nitrogens is 3. The molecule has 8 nitrogen and oxygen atoms in total. The van der Waals surface area contributed by atoms with Crippen molar-refractivity contribution in [3.63, 3.8) is 0 Å². The van der Waals surface area contributed by atoms with Gasteiger partial charge in [-0.05, 0) is 31.0 Å². The molecule has 1 atom stereocenters. The number of nitrogens with one attached hydrogen (secondary N) is 1. The van der Waals surface area contributed by atoms with Crippen LogP contribution < -0.4 is 10.2 Å². The normalized spacial score (nSPS) is 17.2. The molecule has 1 fully saturated rings. The Bertz CT molecular complexity index is 773. The molecule has 0 unspecified atom stereocenters. The SMILES string of the molecule is CNC(=O)c1ccn([C@@H]2CCCN(c3cccc(C(=O)OC)n3)C2)n1. The summed E-state index contributed by atoms with van der Waals surface area (Å²) < 4.78 is 6.57. The minimum Gasteiger partial charge on any atom is -0.464 e. The Balaban J connectivity index is 1.76. The second-order valence-electron chi connectivity index (χ2n) is 5.87. The minimum absolute atomic E-state index is 0.149. The fourth-order valence-electron chi connectivity index (χ4n) is 2.99. The van der Waals surface area contributed by atoms with E-state index in [9.17, 15) is 9.59 Å². The standard InChI is InChI=1S/C17H21N5O3/c1-18-16(23)13-8-10-22(20-13)12-5-4-9-21(11-12)15-7-3-6-14(19-15)17(24)25-2/h3,6-8,10,12H,4-5,9,11H2,1-2H3,(H,18,23)/t12-/m1/s1. The molecule has 0 aromatic carbocycles. The van der Waals surface area contributed by atoms with Gasteiger partial charge in [0.05, 0.1) is 13.2 Å². The molecule has 1 amide bonds. The number of ether oxygens (including phenoxy) is 1. The van der Waals surface area contributed by atoms with Crippen LogP contribution in [0.15, 0.2) is 30.5 Å². The van der Waals surface area contributed by atoms with Crippen LogP contribution in [0.4, 0.5) is 5.82 Å². The van der Waals surface area contributed by atoms with Crippen LogP contribution >= 0.6 is 0 Å². The lowest BCUT2D eigenvalue weighted by molar-refractivity contribution is 0.0594.